The van der Waals surface area contributed by atoms with E-state index >= 15 is 0 Å². The second-order valence-electron chi connectivity index (χ2n) is 3.20. The molecule has 6 nitrogen and oxygen atoms in total. The molecule has 6 heteroatoms. The fourth-order valence-electron chi connectivity index (χ4n) is 1.15. The lowest BCUT2D eigenvalue weighted by molar-refractivity contribution is -0.401. The van der Waals surface area contributed by atoms with Gasteiger partial charge in [0.15, 0.2) is 0 Å². The van der Waals surface area contributed by atoms with E-state index in [2.05, 4.69) is 0 Å². The van der Waals surface area contributed by atoms with Gasteiger partial charge >= 0.3 is 0 Å². The van der Waals surface area contributed by atoms with Crippen molar-refractivity contribution in [1.29, 1.82) is 0 Å². The van der Waals surface area contributed by atoms with Gasteiger partial charge < -0.3 is 25.5 Å². The average molecular weight is 195 g/mol. The summed E-state index contributed by atoms with van der Waals surface area (Å²) in [6.45, 7) is 3.42. The number of hydrogen-bond donors (Lipinski definition) is 5. The minimum absolute atomic E-state index is 0.132. The summed E-state index contributed by atoms with van der Waals surface area (Å²) in [6.07, 6.45) is -1.21. The maximum absolute atomic E-state index is 9.27. The molecule has 1 unspecified atom stereocenters. The van der Waals surface area contributed by atoms with Crippen LogP contribution in [-0.4, -0.2) is 48.5 Å². The maximum Gasteiger partial charge on any atom is 0.228 e. The molecule has 0 aromatic heterocycles. The van der Waals surface area contributed by atoms with E-state index in [4.69, 9.17) is 20.4 Å². The first kappa shape index (κ1) is 12.8. The third-order valence-corrected chi connectivity index (χ3v) is 1.58. The zero-order chi connectivity index (χ0) is 10.9. The van der Waals surface area contributed by atoms with Crippen molar-refractivity contribution >= 4 is 0 Å². The number of aliphatic hydroxyl groups excluding tert-OH is 1. The molecule has 0 spiro atoms. The Morgan fingerprint density at radius 3 is 1.46 bits per heavy atom. The van der Waals surface area contributed by atoms with Gasteiger partial charge in [-0.1, -0.05) is 6.92 Å². The van der Waals surface area contributed by atoms with Gasteiger partial charge in [0.1, 0.15) is 6.23 Å². The van der Waals surface area contributed by atoms with Gasteiger partial charge in [-0.05, 0) is 6.42 Å². The van der Waals surface area contributed by atoms with Gasteiger partial charge in [0, 0.05) is 13.8 Å². The predicted molar refractivity (Wildman–Crippen MR) is 43.8 cm³/mol. The number of nitrogens with zero attached hydrogens (tertiary/aromatic N) is 1. The van der Waals surface area contributed by atoms with E-state index in [0.717, 1.165) is 13.8 Å². The van der Waals surface area contributed by atoms with E-state index in [0.29, 0.717) is 4.90 Å². The lowest BCUT2D eigenvalue weighted by Gasteiger charge is -2.41. The topological polar surface area (TPSA) is 104 Å². The quantitative estimate of drug-likeness (QED) is 0.344. The molecule has 0 aliphatic heterocycles. The molecule has 0 saturated heterocycles. The maximum atomic E-state index is 9.27. The molecule has 0 amide bonds. The van der Waals surface area contributed by atoms with Crippen molar-refractivity contribution < 1.29 is 25.5 Å². The molecule has 0 radical (unpaired) electrons. The highest BCUT2D eigenvalue weighted by Gasteiger charge is 2.42. The standard InChI is InChI=1S/C7H17NO5/c1-4-5(9)8(6(2,10)11)7(3,12)13/h5,9-13H,4H2,1-3H3. The molecule has 0 aliphatic rings. The summed E-state index contributed by atoms with van der Waals surface area (Å²) in [6, 6.07) is 0. The summed E-state index contributed by atoms with van der Waals surface area (Å²) in [4.78, 5) is 0.375. The molecule has 0 rings (SSSR count). The first-order valence-electron chi connectivity index (χ1n) is 3.97. The van der Waals surface area contributed by atoms with Crippen molar-refractivity contribution in [3.8, 4) is 0 Å². The first-order valence-corrected chi connectivity index (χ1v) is 3.97. The van der Waals surface area contributed by atoms with Crippen LogP contribution in [0.5, 0.6) is 0 Å². The zero-order valence-electron chi connectivity index (χ0n) is 7.97. The lowest BCUT2D eigenvalue weighted by atomic mass is 10.3. The minimum Gasteiger partial charge on any atom is -0.378 e. The fourth-order valence-corrected chi connectivity index (χ4v) is 1.15. The Morgan fingerprint density at radius 1 is 1.08 bits per heavy atom. The van der Waals surface area contributed by atoms with Crippen LogP contribution in [0.2, 0.25) is 0 Å². The number of rotatable bonds is 4. The lowest BCUT2D eigenvalue weighted by Crippen LogP contribution is -2.62. The van der Waals surface area contributed by atoms with E-state index in [-0.39, 0.29) is 6.42 Å². The van der Waals surface area contributed by atoms with Crippen LogP contribution in [-0.2, 0) is 0 Å². The summed E-state index contributed by atoms with van der Waals surface area (Å²) in [5, 5.41) is 45.7. The molecule has 0 aliphatic carbocycles. The van der Waals surface area contributed by atoms with E-state index in [1.54, 1.807) is 6.92 Å². The Labute approximate surface area is 76.7 Å². The van der Waals surface area contributed by atoms with Crippen LogP contribution in [0.1, 0.15) is 27.2 Å². The SMILES string of the molecule is CCC(O)N(C(C)(O)O)C(C)(O)O. The molecule has 0 saturated carbocycles. The van der Waals surface area contributed by atoms with Gasteiger partial charge in [-0.2, -0.15) is 4.90 Å². The van der Waals surface area contributed by atoms with Gasteiger partial charge in [-0.3, -0.25) is 0 Å². The Morgan fingerprint density at radius 2 is 1.38 bits per heavy atom. The van der Waals surface area contributed by atoms with Crippen molar-refractivity contribution in [3.05, 3.63) is 0 Å². The smallest absolute Gasteiger partial charge is 0.228 e. The van der Waals surface area contributed by atoms with Crippen molar-refractivity contribution in [3.63, 3.8) is 0 Å². The summed E-state index contributed by atoms with van der Waals surface area (Å²) < 4.78 is 0. The molecular formula is C7H17NO5. The largest absolute Gasteiger partial charge is 0.378 e. The molecular weight excluding hydrogens is 178 g/mol. The Kier molecular flexibility index (Phi) is 3.80. The molecule has 13 heavy (non-hydrogen) atoms. The average Bonchev–Trinajstić information content (AvgIpc) is 1.80. The van der Waals surface area contributed by atoms with Crippen molar-refractivity contribution in [2.75, 3.05) is 0 Å². The summed E-state index contributed by atoms with van der Waals surface area (Å²) >= 11 is 0. The molecule has 0 aromatic carbocycles. The van der Waals surface area contributed by atoms with Gasteiger partial charge in [0.25, 0.3) is 0 Å². The second-order valence-corrected chi connectivity index (χ2v) is 3.20. The molecule has 0 aromatic rings. The van der Waals surface area contributed by atoms with Crippen LogP contribution in [0.4, 0.5) is 0 Å². The van der Waals surface area contributed by atoms with E-state index in [1.165, 1.54) is 0 Å². The van der Waals surface area contributed by atoms with E-state index in [9.17, 15) is 5.11 Å². The van der Waals surface area contributed by atoms with Crippen LogP contribution in [0.25, 0.3) is 0 Å². The third kappa shape index (κ3) is 3.55. The predicted octanol–water partition coefficient (Wildman–Crippen LogP) is -1.67. The normalized spacial score (nSPS) is 16.4. The Balaban J connectivity index is 4.78. The highest BCUT2D eigenvalue weighted by atomic mass is 16.6. The third-order valence-electron chi connectivity index (χ3n) is 1.58. The van der Waals surface area contributed by atoms with Crippen molar-refractivity contribution in [2.45, 2.75) is 45.2 Å². The highest BCUT2D eigenvalue weighted by Crippen LogP contribution is 2.21. The van der Waals surface area contributed by atoms with Gasteiger partial charge in [0.05, 0.1) is 0 Å². The van der Waals surface area contributed by atoms with Crippen LogP contribution < -0.4 is 0 Å². The summed E-state index contributed by atoms with van der Waals surface area (Å²) in [7, 11) is 0. The molecule has 0 heterocycles. The van der Waals surface area contributed by atoms with Crippen LogP contribution in [0, 0.1) is 0 Å². The van der Waals surface area contributed by atoms with Crippen molar-refractivity contribution in [2.24, 2.45) is 0 Å². The number of hydrogen-bond acceptors (Lipinski definition) is 6. The minimum atomic E-state index is -2.49. The van der Waals surface area contributed by atoms with E-state index in [1.807, 2.05) is 0 Å². The summed E-state index contributed by atoms with van der Waals surface area (Å²) in [5.74, 6) is -4.98. The van der Waals surface area contributed by atoms with Crippen LogP contribution >= 0.6 is 0 Å². The number of aliphatic hydroxyl groups is 5. The highest BCUT2D eigenvalue weighted by molar-refractivity contribution is 4.71. The van der Waals surface area contributed by atoms with E-state index < -0.39 is 18.0 Å². The van der Waals surface area contributed by atoms with Crippen molar-refractivity contribution in [1.82, 2.24) is 4.90 Å². The Bertz CT molecular complexity index is 145. The molecule has 0 fully saturated rings. The molecule has 0 bridgehead atoms. The fraction of sp³-hybridized carbons (Fsp3) is 1.00. The molecule has 80 valence electrons. The zero-order valence-corrected chi connectivity index (χ0v) is 7.97. The molecule has 1 atom stereocenters. The van der Waals surface area contributed by atoms with Crippen LogP contribution in [0.3, 0.4) is 0 Å². The second kappa shape index (κ2) is 3.87. The Hall–Kier alpha value is -0.240. The van der Waals surface area contributed by atoms with Crippen LogP contribution in [0.15, 0.2) is 0 Å². The van der Waals surface area contributed by atoms with Gasteiger partial charge in [0.2, 0.25) is 11.8 Å². The van der Waals surface area contributed by atoms with Gasteiger partial charge in [-0.25, -0.2) is 0 Å². The summed E-state index contributed by atoms with van der Waals surface area (Å²) in [5.41, 5.74) is 0. The van der Waals surface area contributed by atoms with Gasteiger partial charge in [-0.15, -0.1) is 0 Å². The molecule has 5 N–H and O–H groups in total. The first-order chi connectivity index (χ1) is 5.60. The monoisotopic (exact) mass is 195 g/mol.